The van der Waals surface area contributed by atoms with E-state index in [1.807, 2.05) is 0 Å². The van der Waals surface area contributed by atoms with Crippen LogP contribution in [0.5, 0.6) is 0 Å². The third-order valence-corrected chi connectivity index (χ3v) is 0.189. The molecule has 0 aromatic rings. The van der Waals surface area contributed by atoms with Gasteiger partial charge >= 0.3 is 0 Å². The molecule has 34 valence electrons. The van der Waals surface area contributed by atoms with Crippen molar-refractivity contribution >= 4 is 0 Å². The molecule has 0 spiro atoms. The highest BCUT2D eigenvalue weighted by Crippen LogP contribution is 1.69. The van der Waals surface area contributed by atoms with Crippen molar-refractivity contribution < 1.29 is 4.39 Å². The summed E-state index contributed by atoms with van der Waals surface area (Å²) in [4.78, 5) is 0. The van der Waals surface area contributed by atoms with Gasteiger partial charge in [-0.25, -0.2) is 0 Å². The number of rotatable bonds is 1. The van der Waals surface area contributed by atoms with Gasteiger partial charge < -0.3 is 6.15 Å². The molecule has 0 aliphatic rings. The van der Waals surface area contributed by atoms with E-state index in [1.54, 1.807) is 6.92 Å². The Labute approximate surface area is 31.8 Å². The minimum atomic E-state index is -0.181. The first-order chi connectivity index (χ1) is 1.91. The zero-order valence-corrected chi connectivity index (χ0v) is 3.50. The molecule has 0 aliphatic heterocycles. The third kappa shape index (κ3) is 17.5. The Bertz CT molecular complexity index is 8.85. The van der Waals surface area contributed by atoms with Gasteiger partial charge in [-0.05, 0) is 6.42 Å². The molecule has 0 radical (unpaired) electrons. The van der Waals surface area contributed by atoms with E-state index in [0.29, 0.717) is 6.42 Å². The molecular formula is C3H10FN. The van der Waals surface area contributed by atoms with Crippen LogP contribution in [0.3, 0.4) is 0 Å². The molecule has 0 atom stereocenters. The largest absolute Gasteiger partial charge is 0.344 e. The van der Waals surface area contributed by atoms with Gasteiger partial charge in [0.1, 0.15) is 0 Å². The molecule has 0 aromatic carbocycles. The van der Waals surface area contributed by atoms with E-state index < -0.39 is 0 Å². The summed E-state index contributed by atoms with van der Waals surface area (Å²) < 4.78 is 10.7. The Balaban J connectivity index is 0. The first-order valence-electron chi connectivity index (χ1n) is 1.47. The van der Waals surface area contributed by atoms with Crippen molar-refractivity contribution in [2.45, 2.75) is 13.3 Å². The normalized spacial score (nSPS) is 6.00. The van der Waals surface area contributed by atoms with Crippen LogP contribution in [0.4, 0.5) is 4.39 Å². The van der Waals surface area contributed by atoms with Gasteiger partial charge in [0.2, 0.25) is 0 Å². The van der Waals surface area contributed by atoms with Gasteiger partial charge in [-0.1, -0.05) is 6.92 Å². The average Bonchev–Trinajstić information content (AvgIpc) is 1.37. The molecule has 0 unspecified atom stereocenters. The van der Waals surface area contributed by atoms with Crippen molar-refractivity contribution in [3.05, 3.63) is 0 Å². The quantitative estimate of drug-likeness (QED) is 0.508. The molecular weight excluding hydrogens is 69.0 g/mol. The Hall–Kier alpha value is -0.110. The smallest absolute Gasteiger partial charge is 0.0891 e. The summed E-state index contributed by atoms with van der Waals surface area (Å²) in [6, 6.07) is 0. The average molecular weight is 79.1 g/mol. The van der Waals surface area contributed by atoms with Crippen LogP contribution in [0.2, 0.25) is 0 Å². The summed E-state index contributed by atoms with van der Waals surface area (Å²) in [7, 11) is 0. The molecule has 5 heavy (non-hydrogen) atoms. The summed E-state index contributed by atoms with van der Waals surface area (Å²) in [5.41, 5.74) is 0. The van der Waals surface area contributed by atoms with Gasteiger partial charge in [-0.15, -0.1) is 0 Å². The number of halogens is 1. The van der Waals surface area contributed by atoms with Crippen LogP contribution in [0, 0.1) is 0 Å². The van der Waals surface area contributed by atoms with Crippen molar-refractivity contribution in [2.75, 3.05) is 6.67 Å². The van der Waals surface area contributed by atoms with E-state index in [4.69, 9.17) is 0 Å². The second kappa shape index (κ2) is 9.10. The standard InChI is InChI=1S/C3H7F.H3N/c1-2-3-4;/h2-3H2,1H3;1H3. The lowest BCUT2D eigenvalue weighted by Gasteiger charge is -1.64. The van der Waals surface area contributed by atoms with Gasteiger partial charge in [0.05, 0.1) is 6.67 Å². The van der Waals surface area contributed by atoms with Crippen LogP contribution < -0.4 is 6.15 Å². The lowest BCUT2D eigenvalue weighted by molar-refractivity contribution is 0.487. The van der Waals surface area contributed by atoms with E-state index in [9.17, 15) is 4.39 Å². The van der Waals surface area contributed by atoms with Gasteiger partial charge in [-0.2, -0.15) is 0 Å². The lowest BCUT2D eigenvalue weighted by Crippen LogP contribution is -1.58. The maximum Gasteiger partial charge on any atom is 0.0891 e. The van der Waals surface area contributed by atoms with Crippen LogP contribution >= 0.6 is 0 Å². The summed E-state index contributed by atoms with van der Waals surface area (Å²) in [6.07, 6.45) is 0.653. The number of hydrogen-bond acceptors (Lipinski definition) is 1. The minimum absolute atomic E-state index is 0. The number of alkyl halides is 1. The fourth-order valence-electron chi connectivity index (χ4n) is 0. The van der Waals surface area contributed by atoms with Gasteiger partial charge in [0, 0.05) is 0 Å². The molecule has 3 N–H and O–H groups in total. The second-order valence-corrected chi connectivity index (χ2v) is 0.689. The van der Waals surface area contributed by atoms with Crippen molar-refractivity contribution in [1.82, 2.24) is 6.15 Å². The first-order valence-corrected chi connectivity index (χ1v) is 1.47. The maximum atomic E-state index is 10.7. The summed E-state index contributed by atoms with van der Waals surface area (Å²) in [5, 5.41) is 0. The fraction of sp³-hybridized carbons (Fsp3) is 1.00. The SMILES string of the molecule is CCCF.N. The Morgan fingerprint density at radius 2 is 1.80 bits per heavy atom. The zero-order chi connectivity index (χ0) is 3.41. The zero-order valence-electron chi connectivity index (χ0n) is 3.50. The maximum absolute atomic E-state index is 10.7. The fourth-order valence-corrected chi connectivity index (χ4v) is 0. The molecule has 0 saturated carbocycles. The van der Waals surface area contributed by atoms with Crippen molar-refractivity contribution in [2.24, 2.45) is 0 Å². The monoisotopic (exact) mass is 79.1 g/mol. The van der Waals surface area contributed by atoms with E-state index in [1.165, 1.54) is 0 Å². The summed E-state index contributed by atoms with van der Waals surface area (Å²) in [5.74, 6) is 0. The van der Waals surface area contributed by atoms with Gasteiger partial charge in [0.25, 0.3) is 0 Å². The molecule has 0 aromatic heterocycles. The molecule has 0 saturated heterocycles. The van der Waals surface area contributed by atoms with Gasteiger partial charge in [0.15, 0.2) is 0 Å². The molecule has 1 nitrogen and oxygen atoms in total. The third-order valence-electron chi connectivity index (χ3n) is 0.189. The molecule has 0 fully saturated rings. The van der Waals surface area contributed by atoms with Crippen molar-refractivity contribution in [1.29, 1.82) is 0 Å². The highest BCUT2D eigenvalue weighted by atomic mass is 19.1. The molecule has 2 heteroatoms. The summed E-state index contributed by atoms with van der Waals surface area (Å²) in [6.45, 7) is 1.62. The Morgan fingerprint density at radius 3 is 1.80 bits per heavy atom. The molecule has 0 amide bonds. The first kappa shape index (κ1) is 8.86. The van der Waals surface area contributed by atoms with Crippen LogP contribution in [0.1, 0.15) is 13.3 Å². The van der Waals surface area contributed by atoms with Gasteiger partial charge in [-0.3, -0.25) is 4.39 Å². The van der Waals surface area contributed by atoms with E-state index in [-0.39, 0.29) is 12.8 Å². The molecule has 0 bridgehead atoms. The van der Waals surface area contributed by atoms with Crippen molar-refractivity contribution in [3.63, 3.8) is 0 Å². The minimum Gasteiger partial charge on any atom is -0.344 e. The van der Waals surface area contributed by atoms with E-state index >= 15 is 0 Å². The van der Waals surface area contributed by atoms with Crippen LogP contribution in [-0.4, -0.2) is 6.67 Å². The Kier molecular flexibility index (Phi) is 16.1. The van der Waals surface area contributed by atoms with E-state index in [2.05, 4.69) is 0 Å². The lowest BCUT2D eigenvalue weighted by atomic mass is 10.6. The Morgan fingerprint density at radius 1 is 1.60 bits per heavy atom. The van der Waals surface area contributed by atoms with Crippen LogP contribution in [0.15, 0.2) is 0 Å². The van der Waals surface area contributed by atoms with Crippen LogP contribution in [-0.2, 0) is 0 Å². The molecule has 0 heterocycles. The summed E-state index contributed by atoms with van der Waals surface area (Å²) >= 11 is 0. The predicted octanol–water partition coefficient (Wildman–Crippen LogP) is 1.53. The van der Waals surface area contributed by atoms with Crippen molar-refractivity contribution in [3.8, 4) is 0 Å². The molecule has 0 aliphatic carbocycles. The second-order valence-electron chi connectivity index (χ2n) is 0.689. The molecule has 0 rings (SSSR count). The predicted molar refractivity (Wildman–Crippen MR) is 21.3 cm³/mol. The number of hydrogen-bond donors (Lipinski definition) is 1. The highest BCUT2D eigenvalue weighted by molar-refractivity contribution is 4.11. The highest BCUT2D eigenvalue weighted by Gasteiger charge is 1.60. The van der Waals surface area contributed by atoms with Crippen LogP contribution in [0.25, 0.3) is 0 Å². The van der Waals surface area contributed by atoms with E-state index in [0.717, 1.165) is 0 Å². The topological polar surface area (TPSA) is 35.0 Å².